The fourth-order valence-corrected chi connectivity index (χ4v) is 2.76. The van der Waals surface area contributed by atoms with Crippen LogP contribution in [0.2, 0.25) is 0 Å². The van der Waals surface area contributed by atoms with E-state index >= 15 is 0 Å². The Morgan fingerprint density at radius 1 is 1.07 bits per heavy atom. The molecule has 0 saturated carbocycles. The molecule has 0 amide bonds. The van der Waals surface area contributed by atoms with Gasteiger partial charge in [-0.05, 0) is 31.7 Å². The summed E-state index contributed by atoms with van der Waals surface area (Å²) in [6.45, 7) is 8.65. The lowest BCUT2D eigenvalue weighted by molar-refractivity contribution is 0.160. The van der Waals surface area contributed by atoms with Crippen LogP contribution in [0.5, 0.6) is 0 Å². The summed E-state index contributed by atoms with van der Waals surface area (Å²) in [6, 6.07) is 0. The van der Waals surface area contributed by atoms with E-state index in [4.69, 9.17) is 0 Å². The predicted octanol–water partition coefficient (Wildman–Crippen LogP) is 1.76. The van der Waals surface area contributed by atoms with Crippen molar-refractivity contribution in [3.63, 3.8) is 0 Å². The van der Waals surface area contributed by atoms with Gasteiger partial charge in [0, 0.05) is 32.7 Å². The van der Waals surface area contributed by atoms with E-state index in [1.807, 2.05) is 0 Å². The van der Waals surface area contributed by atoms with Gasteiger partial charge in [0.25, 0.3) is 0 Å². The minimum Gasteiger partial charge on any atom is -0.302 e. The average Bonchev–Trinajstić information content (AvgIpc) is 2.62. The summed E-state index contributed by atoms with van der Waals surface area (Å²) in [5, 5.41) is 0. The van der Waals surface area contributed by atoms with Crippen LogP contribution < -0.4 is 0 Å². The van der Waals surface area contributed by atoms with E-state index in [2.05, 4.69) is 16.7 Å². The monoisotopic (exact) mass is 214 g/mol. The Kier molecular flexibility index (Phi) is 3.98. The van der Waals surface area contributed by atoms with E-state index in [1.165, 1.54) is 25.9 Å². The summed E-state index contributed by atoms with van der Waals surface area (Å²) in [6.07, 6.45) is 2.90. The van der Waals surface area contributed by atoms with Crippen LogP contribution in [0.15, 0.2) is 0 Å². The number of halogens is 1. The minimum absolute atomic E-state index is 0.565. The second-order valence-electron chi connectivity index (χ2n) is 5.23. The average molecular weight is 214 g/mol. The molecule has 0 aromatic carbocycles. The Labute approximate surface area is 92.4 Å². The highest BCUT2D eigenvalue weighted by Gasteiger charge is 2.22. The Hall–Kier alpha value is -0.150. The Balaban J connectivity index is 1.64. The lowest BCUT2D eigenvalue weighted by Crippen LogP contribution is -2.39. The van der Waals surface area contributed by atoms with Crippen molar-refractivity contribution in [1.82, 2.24) is 9.80 Å². The topological polar surface area (TPSA) is 6.48 Å². The maximum atomic E-state index is 12.9. The van der Waals surface area contributed by atoms with Crippen molar-refractivity contribution < 1.29 is 4.39 Å². The van der Waals surface area contributed by atoms with Crippen LogP contribution in [-0.2, 0) is 0 Å². The lowest BCUT2D eigenvalue weighted by Gasteiger charge is -2.32. The van der Waals surface area contributed by atoms with Gasteiger partial charge in [-0.25, -0.2) is 4.39 Å². The summed E-state index contributed by atoms with van der Waals surface area (Å²) in [4.78, 5) is 4.81. The summed E-state index contributed by atoms with van der Waals surface area (Å²) in [7, 11) is 0. The number of piperidine rings is 1. The zero-order chi connectivity index (χ0) is 10.7. The zero-order valence-corrected chi connectivity index (χ0v) is 9.79. The van der Waals surface area contributed by atoms with Crippen LogP contribution in [0.1, 0.15) is 26.2 Å². The Morgan fingerprint density at radius 2 is 1.80 bits per heavy atom. The van der Waals surface area contributed by atoms with Crippen molar-refractivity contribution >= 4 is 0 Å². The molecule has 2 aliphatic heterocycles. The Morgan fingerprint density at radius 3 is 2.40 bits per heavy atom. The fraction of sp³-hybridized carbons (Fsp3) is 1.00. The van der Waals surface area contributed by atoms with E-state index in [0.29, 0.717) is 6.54 Å². The highest BCUT2D eigenvalue weighted by molar-refractivity contribution is 4.77. The van der Waals surface area contributed by atoms with E-state index in [9.17, 15) is 4.39 Å². The predicted molar refractivity (Wildman–Crippen MR) is 60.8 cm³/mol. The highest BCUT2D eigenvalue weighted by Crippen LogP contribution is 2.16. The molecule has 2 heterocycles. The maximum absolute atomic E-state index is 12.9. The standard InChI is InChI=1S/C12H23FN2/c1-11-3-2-5-14(9-11)7-8-15-6-4-12(13)10-15/h11-12H,2-10H2,1H3/t11-,12-/m0/s1. The smallest absolute Gasteiger partial charge is 0.114 e. The molecule has 2 atom stereocenters. The zero-order valence-electron chi connectivity index (χ0n) is 9.79. The van der Waals surface area contributed by atoms with Gasteiger partial charge in [0.1, 0.15) is 6.17 Å². The van der Waals surface area contributed by atoms with Crippen LogP contribution in [0.3, 0.4) is 0 Å². The third-order valence-electron chi connectivity index (χ3n) is 3.69. The summed E-state index contributed by atoms with van der Waals surface area (Å²) in [5.74, 6) is 0.853. The molecule has 15 heavy (non-hydrogen) atoms. The normalized spacial score (nSPS) is 34.8. The molecule has 0 N–H and O–H groups in total. The van der Waals surface area contributed by atoms with Gasteiger partial charge in [-0.15, -0.1) is 0 Å². The number of rotatable bonds is 3. The van der Waals surface area contributed by atoms with Crippen LogP contribution in [-0.4, -0.2) is 55.2 Å². The van der Waals surface area contributed by atoms with E-state index < -0.39 is 6.17 Å². The van der Waals surface area contributed by atoms with Crippen molar-refractivity contribution in [2.24, 2.45) is 5.92 Å². The second-order valence-corrected chi connectivity index (χ2v) is 5.23. The highest BCUT2D eigenvalue weighted by atomic mass is 19.1. The molecular formula is C12H23FN2. The molecule has 3 heteroatoms. The first-order chi connectivity index (χ1) is 7.24. The van der Waals surface area contributed by atoms with Crippen LogP contribution in [0.25, 0.3) is 0 Å². The molecule has 0 radical (unpaired) electrons. The third kappa shape index (κ3) is 3.42. The van der Waals surface area contributed by atoms with E-state index in [-0.39, 0.29) is 0 Å². The number of likely N-dealkylation sites (tertiary alicyclic amines) is 2. The minimum atomic E-state index is -0.565. The van der Waals surface area contributed by atoms with Gasteiger partial charge in [0.05, 0.1) is 0 Å². The maximum Gasteiger partial charge on any atom is 0.114 e. The second kappa shape index (κ2) is 5.26. The summed E-state index contributed by atoms with van der Waals surface area (Å²) < 4.78 is 12.9. The van der Waals surface area contributed by atoms with Crippen molar-refractivity contribution in [2.75, 3.05) is 39.3 Å². The third-order valence-corrected chi connectivity index (χ3v) is 3.69. The number of hydrogen-bond donors (Lipinski definition) is 0. The molecule has 0 bridgehead atoms. The van der Waals surface area contributed by atoms with Crippen LogP contribution >= 0.6 is 0 Å². The lowest BCUT2D eigenvalue weighted by atomic mass is 10.0. The molecule has 0 aromatic heterocycles. The number of alkyl halides is 1. The quantitative estimate of drug-likeness (QED) is 0.706. The van der Waals surface area contributed by atoms with E-state index in [0.717, 1.165) is 32.0 Å². The van der Waals surface area contributed by atoms with Gasteiger partial charge in [-0.3, -0.25) is 4.90 Å². The fourth-order valence-electron chi connectivity index (χ4n) is 2.76. The molecule has 88 valence electrons. The molecular weight excluding hydrogens is 191 g/mol. The molecule has 0 unspecified atom stereocenters. The van der Waals surface area contributed by atoms with Gasteiger partial charge in [0.2, 0.25) is 0 Å². The first kappa shape index (κ1) is 11.3. The van der Waals surface area contributed by atoms with Gasteiger partial charge >= 0.3 is 0 Å². The summed E-state index contributed by atoms with van der Waals surface area (Å²) in [5.41, 5.74) is 0. The molecule has 2 rings (SSSR count). The Bertz CT molecular complexity index is 198. The summed E-state index contributed by atoms with van der Waals surface area (Å²) >= 11 is 0. The van der Waals surface area contributed by atoms with Crippen molar-refractivity contribution in [2.45, 2.75) is 32.4 Å². The molecule has 0 aliphatic carbocycles. The molecule has 0 aromatic rings. The van der Waals surface area contributed by atoms with Crippen molar-refractivity contribution in [3.05, 3.63) is 0 Å². The van der Waals surface area contributed by atoms with Crippen LogP contribution in [0.4, 0.5) is 4.39 Å². The van der Waals surface area contributed by atoms with Crippen LogP contribution in [0, 0.1) is 5.92 Å². The van der Waals surface area contributed by atoms with Gasteiger partial charge < -0.3 is 4.90 Å². The molecule has 0 spiro atoms. The molecule has 2 fully saturated rings. The van der Waals surface area contributed by atoms with Crippen molar-refractivity contribution in [3.8, 4) is 0 Å². The molecule has 2 nitrogen and oxygen atoms in total. The van der Waals surface area contributed by atoms with E-state index in [1.54, 1.807) is 0 Å². The first-order valence-corrected chi connectivity index (χ1v) is 6.33. The molecule has 2 aliphatic rings. The van der Waals surface area contributed by atoms with Crippen molar-refractivity contribution in [1.29, 1.82) is 0 Å². The van der Waals surface area contributed by atoms with Gasteiger partial charge in [-0.2, -0.15) is 0 Å². The first-order valence-electron chi connectivity index (χ1n) is 6.33. The largest absolute Gasteiger partial charge is 0.302 e. The van der Waals surface area contributed by atoms with Gasteiger partial charge in [-0.1, -0.05) is 6.92 Å². The number of hydrogen-bond acceptors (Lipinski definition) is 2. The number of nitrogens with zero attached hydrogens (tertiary/aromatic N) is 2. The molecule has 2 saturated heterocycles. The SMILES string of the molecule is C[C@H]1CCCN(CCN2CC[C@H](F)C2)C1. The van der Waals surface area contributed by atoms with Gasteiger partial charge in [0.15, 0.2) is 0 Å².